The Kier molecular flexibility index (Phi) is 7.27. The number of nitrogens with one attached hydrogen (secondary N) is 1. The van der Waals surface area contributed by atoms with Crippen LogP contribution in [0.1, 0.15) is 23.7 Å². The maximum absolute atomic E-state index is 12.8. The van der Waals surface area contributed by atoms with E-state index in [9.17, 15) is 9.18 Å². The van der Waals surface area contributed by atoms with Gasteiger partial charge in [-0.2, -0.15) is 16.9 Å². The first kappa shape index (κ1) is 18.5. The molecule has 0 aliphatic heterocycles. The van der Waals surface area contributed by atoms with Gasteiger partial charge in [0.15, 0.2) is 0 Å². The highest BCUT2D eigenvalue weighted by atomic mass is 32.2. The van der Waals surface area contributed by atoms with Gasteiger partial charge in [0.05, 0.1) is 18.3 Å². The van der Waals surface area contributed by atoms with Gasteiger partial charge in [0.2, 0.25) is 5.91 Å². The van der Waals surface area contributed by atoms with Crippen LogP contribution in [0.4, 0.5) is 4.39 Å². The summed E-state index contributed by atoms with van der Waals surface area (Å²) in [5, 5.41) is 7.10. The largest absolute Gasteiger partial charge is 0.382 e. The number of carbonyl (C=O) groups excluding carboxylic acids is 1. The molecule has 1 atom stereocenters. The molecule has 0 bridgehead atoms. The number of rotatable bonds is 9. The zero-order valence-corrected chi connectivity index (χ0v) is 14.7. The number of methoxy groups -OCH3 is 1. The maximum Gasteiger partial charge on any atom is 0.221 e. The Hall–Kier alpha value is -1.86. The Balaban J connectivity index is 1.75. The molecule has 5 nitrogen and oxygen atoms in total. The minimum Gasteiger partial charge on any atom is -0.382 e. The normalized spacial score (nSPS) is 12.1. The fourth-order valence-corrected chi connectivity index (χ4v) is 3.20. The number of thioether (sulfide) groups is 1. The smallest absolute Gasteiger partial charge is 0.221 e. The van der Waals surface area contributed by atoms with Crippen LogP contribution in [0.3, 0.4) is 0 Å². The van der Waals surface area contributed by atoms with E-state index in [2.05, 4.69) is 10.4 Å². The molecule has 1 aromatic heterocycles. The van der Waals surface area contributed by atoms with Gasteiger partial charge in [-0.25, -0.2) is 4.39 Å². The quantitative estimate of drug-likeness (QED) is 0.706. The summed E-state index contributed by atoms with van der Waals surface area (Å²) in [6, 6.07) is 8.08. The molecule has 0 aliphatic rings. The van der Waals surface area contributed by atoms with Crippen LogP contribution in [-0.2, 0) is 22.3 Å². The van der Waals surface area contributed by atoms with Crippen molar-refractivity contribution in [2.75, 3.05) is 19.5 Å². The van der Waals surface area contributed by atoms with Gasteiger partial charge >= 0.3 is 0 Å². The zero-order valence-electron chi connectivity index (χ0n) is 13.9. The summed E-state index contributed by atoms with van der Waals surface area (Å²) in [5.74, 6) is 1.21. The Morgan fingerprint density at radius 2 is 2.12 bits per heavy atom. The Labute approximate surface area is 145 Å². The van der Waals surface area contributed by atoms with Gasteiger partial charge < -0.3 is 10.1 Å². The molecule has 0 unspecified atom stereocenters. The SMILES string of the molecule is COC[C@H](NC(=O)CCSCc1ccc(F)cc1)c1ccnn1C. The third-order valence-electron chi connectivity index (χ3n) is 3.54. The van der Waals surface area contributed by atoms with E-state index in [4.69, 9.17) is 4.74 Å². The number of aromatic nitrogens is 2. The number of hydrogen-bond acceptors (Lipinski definition) is 4. The minimum absolute atomic E-state index is 0.0233. The molecule has 0 saturated heterocycles. The van der Waals surface area contributed by atoms with Crippen molar-refractivity contribution >= 4 is 17.7 Å². The molecule has 0 spiro atoms. The lowest BCUT2D eigenvalue weighted by Crippen LogP contribution is -2.32. The van der Waals surface area contributed by atoms with E-state index in [-0.39, 0.29) is 17.8 Å². The minimum atomic E-state index is -0.234. The molecule has 2 rings (SSSR count). The third kappa shape index (κ3) is 5.65. The number of ether oxygens (including phenoxy) is 1. The molecule has 1 amide bonds. The van der Waals surface area contributed by atoms with E-state index in [0.29, 0.717) is 18.8 Å². The van der Waals surface area contributed by atoms with Crippen molar-refractivity contribution in [2.45, 2.75) is 18.2 Å². The van der Waals surface area contributed by atoms with E-state index < -0.39 is 0 Å². The van der Waals surface area contributed by atoms with Gasteiger partial charge in [-0.15, -0.1) is 0 Å². The Morgan fingerprint density at radius 3 is 2.75 bits per heavy atom. The maximum atomic E-state index is 12.8. The number of benzene rings is 1. The Bertz CT molecular complexity index is 646. The summed E-state index contributed by atoms with van der Waals surface area (Å²) < 4.78 is 19.7. The average molecular weight is 351 g/mol. The van der Waals surface area contributed by atoms with E-state index in [1.54, 1.807) is 41.9 Å². The zero-order chi connectivity index (χ0) is 17.4. The van der Waals surface area contributed by atoms with E-state index >= 15 is 0 Å². The summed E-state index contributed by atoms with van der Waals surface area (Å²) >= 11 is 1.65. The van der Waals surface area contributed by atoms with Gasteiger partial charge in [0, 0.05) is 38.3 Å². The highest BCUT2D eigenvalue weighted by molar-refractivity contribution is 7.98. The Morgan fingerprint density at radius 1 is 1.38 bits per heavy atom. The molecule has 7 heteroatoms. The number of amides is 1. The van der Waals surface area contributed by atoms with Crippen molar-refractivity contribution in [3.8, 4) is 0 Å². The topological polar surface area (TPSA) is 56.1 Å². The van der Waals surface area contributed by atoms with Crippen molar-refractivity contribution in [3.05, 3.63) is 53.6 Å². The molecule has 1 aromatic carbocycles. The number of halogens is 1. The lowest BCUT2D eigenvalue weighted by molar-refractivity contribution is -0.121. The standard InChI is InChI=1S/C17H22FN3O2S/c1-21-16(7-9-19-21)15(11-23-2)20-17(22)8-10-24-12-13-3-5-14(18)6-4-13/h3-7,9,15H,8,10-12H2,1-2H3,(H,20,22)/t15-/m0/s1. The summed E-state index contributed by atoms with van der Waals surface area (Å²) in [6.07, 6.45) is 2.12. The van der Waals surface area contributed by atoms with Crippen LogP contribution in [-0.4, -0.2) is 35.2 Å². The molecule has 1 N–H and O–H groups in total. The molecule has 0 aliphatic carbocycles. The number of nitrogens with zero attached hydrogens (tertiary/aromatic N) is 2. The van der Waals surface area contributed by atoms with Crippen LogP contribution in [0.2, 0.25) is 0 Å². The first-order chi connectivity index (χ1) is 11.6. The van der Waals surface area contributed by atoms with Gasteiger partial charge in [0.1, 0.15) is 5.82 Å². The molecule has 0 saturated carbocycles. The van der Waals surface area contributed by atoms with Crippen LogP contribution in [0, 0.1) is 5.82 Å². The average Bonchev–Trinajstić information content (AvgIpc) is 2.99. The summed E-state index contributed by atoms with van der Waals surface area (Å²) in [6.45, 7) is 0.397. The number of aryl methyl sites for hydroxylation is 1. The van der Waals surface area contributed by atoms with E-state index in [1.165, 1.54) is 12.1 Å². The lowest BCUT2D eigenvalue weighted by atomic mass is 10.2. The molecular weight excluding hydrogens is 329 g/mol. The summed E-state index contributed by atoms with van der Waals surface area (Å²) in [7, 11) is 3.44. The van der Waals surface area contributed by atoms with E-state index in [0.717, 1.165) is 17.0 Å². The van der Waals surface area contributed by atoms with Gasteiger partial charge in [-0.3, -0.25) is 9.48 Å². The van der Waals surface area contributed by atoms with Gasteiger partial charge in [-0.1, -0.05) is 12.1 Å². The summed E-state index contributed by atoms with van der Waals surface area (Å²) in [4.78, 5) is 12.1. The van der Waals surface area contributed by atoms with Crippen LogP contribution < -0.4 is 5.32 Å². The molecule has 0 radical (unpaired) electrons. The van der Waals surface area contributed by atoms with Crippen LogP contribution >= 0.6 is 11.8 Å². The predicted octanol–water partition coefficient (Wildman–Crippen LogP) is 2.69. The van der Waals surface area contributed by atoms with Crippen molar-refractivity contribution in [3.63, 3.8) is 0 Å². The number of carbonyl (C=O) groups is 1. The molecule has 0 fully saturated rings. The van der Waals surface area contributed by atoms with Crippen molar-refractivity contribution in [1.82, 2.24) is 15.1 Å². The van der Waals surface area contributed by atoms with Gasteiger partial charge in [0.25, 0.3) is 0 Å². The fraction of sp³-hybridized carbons (Fsp3) is 0.412. The highest BCUT2D eigenvalue weighted by Crippen LogP contribution is 2.15. The summed E-state index contributed by atoms with van der Waals surface area (Å²) in [5.41, 5.74) is 1.96. The van der Waals surface area contributed by atoms with Crippen molar-refractivity contribution in [2.24, 2.45) is 7.05 Å². The molecule has 1 heterocycles. The first-order valence-electron chi connectivity index (χ1n) is 7.68. The van der Waals surface area contributed by atoms with Crippen LogP contribution in [0.15, 0.2) is 36.5 Å². The third-order valence-corrected chi connectivity index (χ3v) is 4.57. The first-order valence-corrected chi connectivity index (χ1v) is 8.84. The van der Waals surface area contributed by atoms with Crippen molar-refractivity contribution in [1.29, 1.82) is 0 Å². The van der Waals surface area contributed by atoms with Crippen molar-refractivity contribution < 1.29 is 13.9 Å². The molecule has 2 aromatic rings. The monoisotopic (exact) mass is 351 g/mol. The second-order valence-corrected chi connectivity index (χ2v) is 6.49. The van der Waals surface area contributed by atoms with Crippen LogP contribution in [0.25, 0.3) is 0 Å². The highest BCUT2D eigenvalue weighted by Gasteiger charge is 2.17. The fourth-order valence-electron chi connectivity index (χ4n) is 2.30. The van der Waals surface area contributed by atoms with Gasteiger partial charge in [-0.05, 0) is 23.8 Å². The second-order valence-electron chi connectivity index (χ2n) is 5.38. The second kappa shape index (κ2) is 9.44. The molecular formula is C17H22FN3O2S. The number of hydrogen-bond donors (Lipinski definition) is 1. The molecule has 24 heavy (non-hydrogen) atoms. The molecule has 130 valence electrons. The van der Waals surface area contributed by atoms with Crippen LogP contribution in [0.5, 0.6) is 0 Å². The predicted molar refractivity (Wildman–Crippen MR) is 93.1 cm³/mol. The van der Waals surface area contributed by atoms with E-state index in [1.807, 2.05) is 13.1 Å². The lowest BCUT2D eigenvalue weighted by Gasteiger charge is -2.18.